The highest BCUT2D eigenvalue weighted by Gasteiger charge is 2.57. The van der Waals surface area contributed by atoms with Crippen LogP contribution in [0, 0.1) is 17.0 Å². The first-order valence-corrected chi connectivity index (χ1v) is 8.87. The SMILES string of the molecule is CN(C(=O)C1(C)CC1c1cc(F)cc(F)c1)c1ccc(C(C)(C)C)cc1. The number of benzene rings is 2. The van der Waals surface area contributed by atoms with Gasteiger partial charge in [-0.05, 0) is 53.1 Å². The van der Waals surface area contributed by atoms with Crippen LogP contribution in [0.2, 0.25) is 0 Å². The predicted octanol–water partition coefficient (Wildman–Crippen LogP) is 5.42. The van der Waals surface area contributed by atoms with Gasteiger partial charge in [-0.2, -0.15) is 0 Å². The molecule has 2 nitrogen and oxygen atoms in total. The molecule has 26 heavy (non-hydrogen) atoms. The number of carbonyl (C=O) groups is 1. The first-order chi connectivity index (χ1) is 12.0. The molecule has 1 fully saturated rings. The maximum atomic E-state index is 13.5. The molecule has 3 rings (SSSR count). The molecule has 0 saturated heterocycles. The van der Waals surface area contributed by atoms with Crippen LogP contribution >= 0.6 is 0 Å². The molecule has 1 saturated carbocycles. The van der Waals surface area contributed by atoms with Crippen molar-refractivity contribution >= 4 is 11.6 Å². The highest BCUT2D eigenvalue weighted by molar-refractivity contribution is 5.99. The summed E-state index contributed by atoms with van der Waals surface area (Å²) < 4.78 is 27.0. The van der Waals surface area contributed by atoms with E-state index in [0.717, 1.165) is 11.8 Å². The van der Waals surface area contributed by atoms with Crippen LogP contribution in [-0.2, 0) is 10.2 Å². The molecule has 1 aliphatic carbocycles. The van der Waals surface area contributed by atoms with Crippen LogP contribution in [0.25, 0.3) is 0 Å². The maximum absolute atomic E-state index is 13.5. The van der Waals surface area contributed by atoms with Crippen molar-refractivity contribution in [2.75, 3.05) is 11.9 Å². The van der Waals surface area contributed by atoms with E-state index < -0.39 is 17.0 Å². The standard InChI is InChI=1S/C22H25F2NO/c1-21(2,3)15-6-8-18(9-7-15)25(5)20(26)22(4)13-19(22)14-10-16(23)12-17(24)11-14/h6-12,19H,13H2,1-5H3. The third kappa shape index (κ3) is 3.37. The van der Waals surface area contributed by atoms with Gasteiger partial charge in [-0.3, -0.25) is 4.79 Å². The molecule has 0 spiro atoms. The van der Waals surface area contributed by atoms with Crippen molar-refractivity contribution in [1.29, 1.82) is 0 Å². The summed E-state index contributed by atoms with van der Waals surface area (Å²) in [5.74, 6) is -1.40. The minimum atomic E-state index is -0.627. The number of hydrogen-bond donors (Lipinski definition) is 0. The summed E-state index contributed by atoms with van der Waals surface area (Å²) in [4.78, 5) is 14.6. The fourth-order valence-electron chi connectivity index (χ4n) is 3.55. The zero-order valence-electron chi connectivity index (χ0n) is 15.9. The summed E-state index contributed by atoms with van der Waals surface area (Å²) in [7, 11) is 1.75. The Bertz CT molecular complexity index is 818. The molecule has 2 atom stereocenters. The monoisotopic (exact) mass is 357 g/mol. The van der Waals surface area contributed by atoms with Crippen molar-refractivity contribution < 1.29 is 13.6 Å². The molecule has 2 aromatic rings. The van der Waals surface area contributed by atoms with E-state index in [1.807, 2.05) is 31.2 Å². The van der Waals surface area contributed by atoms with Crippen LogP contribution in [0.3, 0.4) is 0 Å². The minimum absolute atomic E-state index is 0.0318. The van der Waals surface area contributed by atoms with E-state index in [1.165, 1.54) is 17.7 Å². The average molecular weight is 357 g/mol. The molecule has 0 aromatic heterocycles. The summed E-state index contributed by atoms with van der Waals surface area (Å²) >= 11 is 0. The lowest BCUT2D eigenvalue weighted by Gasteiger charge is -2.24. The van der Waals surface area contributed by atoms with Crippen molar-refractivity contribution in [3.8, 4) is 0 Å². The molecule has 138 valence electrons. The van der Waals surface area contributed by atoms with E-state index in [9.17, 15) is 13.6 Å². The first-order valence-electron chi connectivity index (χ1n) is 8.87. The molecule has 0 bridgehead atoms. The summed E-state index contributed by atoms with van der Waals surface area (Å²) in [6.45, 7) is 8.29. The number of amides is 1. The van der Waals surface area contributed by atoms with Gasteiger partial charge in [-0.15, -0.1) is 0 Å². The Morgan fingerprint density at radius 3 is 2.12 bits per heavy atom. The molecule has 2 unspecified atom stereocenters. The molecule has 0 radical (unpaired) electrons. The number of carbonyl (C=O) groups excluding carboxylic acids is 1. The van der Waals surface area contributed by atoms with Gasteiger partial charge in [0.05, 0.1) is 5.41 Å². The second-order valence-corrected chi connectivity index (χ2v) is 8.54. The van der Waals surface area contributed by atoms with E-state index in [2.05, 4.69) is 20.8 Å². The molecular weight excluding hydrogens is 332 g/mol. The Hall–Kier alpha value is -2.23. The molecule has 4 heteroatoms. The second kappa shape index (κ2) is 6.19. The molecule has 0 aliphatic heterocycles. The van der Waals surface area contributed by atoms with Gasteiger partial charge in [-0.25, -0.2) is 8.78 Å². The lowest BCUT2D eigenvalue weighted by atomic mass is 9.87. The number of rotatable bonds is 3. The molecule has 1 amide bonds. The predicted molar refractivity (Wildman–Crippen MR) is 100 cm³/mol. The third-order valence-corrected chi connectivity index (χ3v) is 5.44. The highest BCUT2D eigenvalue weighted by Crippen LogP contribution is 2.60. The number of anilines is 1. The third-order valence-electron chi connectivity index (χ3n) is 5.44. The van der Waals surface area contributed by atoms with Crippen molar-refractivity contribution in [3.63, 3.8) is 0 Å². The fourth-order valence-corrected chi connectivity index (χ4v) is 3.55. The van der Waals surface area contributed by atoms with Gasteiger partial charge >= 0.3 is 0 Å². The Morgan fingerprint density at radius 2 is 1.62 bits per heavy atom. The van der Waals surface area contributed by atoms with Gasteiger partial charge in [-0.1, -0.05) is 39.8 Å². The van der Waals surface area contributed by atoms with Crippen LogP contribution in [0.1, 0.15) is 51.2 Å². The molecule has 2 aromatic carbocycles. The maximum Gasteiger partial charge on any atom is 0.233 e. The smallest absolute Gasteiger partial charge is 0.233 e. The normalized spacial score (nSPS) is 22.2. The summed E-state index contributed by atoms with van der Waals surface area (Å²) in [6, 6.07) is 11.5. The molecule has 0 N–H and O–H groups in total. The summed E-state index contributed by atoms with van der Waals surface area (Å²) in [5, 5.41) is 0. The Labute approximate surface area is 153 Å². The van der Waals surface area contributed by atoms with Gasteiger partial charge in [0.25, 0.3) is 0 Å². The van der Waals surface area contributed by atoms with Crippen molar-refractivity contribution in [2.45, 2.75) is 45.4 Å². The topological polar surface area (TPSA) is 20.3 Å². The van der Waals surface area contributed by atoms with Crippen LogP contribution in [0.5, 0.6) is 0 Å². The van der Waals surface area contributed by atoms with E-state index in [1.54, 1.807) is 11.9 Å². The highest BCUT2D eigenvalue weighted by atomic mass is 19.1. The van der Waals surface area contributed by atoms with E-state index in [-0.39, 0.29) is 17.2 Å². The molecule has 1 aliphatic rings. The molecular formula is C22H25F2NO. The van der Waals surface area contributed by atoms with E-state index >= 15 is 0 Å². The summed E-state index contributed by atoms with van der Waals surface area (Å²) in [6.07, 6.45) is 0.596. The Kier molecular flexibility index (Phi) is 4.41. The van der Waals surface area contributed by atoms with Crippen molar-refractivity contribution in [2.24, 2.45) is 5.41 Å². The van der Waals surface area contributed by atoms with Crippen molar-refractivity contribution in [3.05, 3.63) is 65.2 Å². The van der Waals surface area contributed by atoms with Crippen LogP contribution in [-0.4, -0.2) is 13.0 Å². The lowest BCUT2D eigenvalue weighted by Crippen LogP contribution is -2.33. The van der Waals surface area contributed by atoms with Crippen LogP contribution in [0.4, 0.5) is 14.5 Å². The van der Waals surface area contributed by atoms with Gasteiger partial charge in [0.15, 0.2) is 0 Å². The number of halogens is 2. The number of nitrogens with zero attached hydrogens (tertiary/aromatic N) is 1. The van der Waals surface area contributed by atoms with E-state index in [4.69, 9.17) is 0 Å². The first kappa shape index (κ1) is 18.6. The zero-order valence-corrected chi connectivity index (χ0v) is 15.9. The lowest BCUT2D eigenvalue weighted by molar-refractivity contribution is -0.123. The Morgan fingerprint density at radius 1 is 1.08 bits per heavy atom. The van der Waals surface area contributed by atoms with Gasteiger partial charge in [0.2, 0.25) is 5.91 Å². The van der Waals surface area contributed by atoms with E-state index in [0.29, 0.717) is 12.0 Å². The fraction of sp³-hybridized carbons (Fsp3) is 0.409. The minimum Gasteiger partial charge on any atom is -0.315 e. The summed E-state index contributed by atoms with van der Waals surface area (Å²) in [5.41, 5.74) is 2.00. The molecule has 0 heterocycles. The van der Waals surface area contributed by atoms with Crippen molar-refractivity contribution in [1.82, 2.24) is 0 Å². The van der Waals surface area contributed by atoms with Crippen LogP contribution < -0.4 is 4.90 Å². The largest absolute Gasteiger partial charge is 0.315 e. The number of hydrogen-bond acceptors (Lipinski definition) is 1. The quantitative estimate of drug-likeness (QED) is 0.718. The average Bonchev–Trinajstić information content (AvgIpc) is 3.25. The Balaban J connectivity index is 1.79. The van der Waals surface area contributed by atoms with Gasteiger partial charge in [0, 0.05) is 18.8 Å². The second-order valence-electron chi connectivity index (χ2n) is 8.54. The van der Waals surface area contributed by atoms with Gasteiger partial charge < -0.3 is 4.90 Å². The van der Waals surface area contributed by atoms with Crippen LogP contribution in [0.15, 0.2) is 42.5 Å². The van der Waals surface area contributed by atoms with Gasteiger partial charge in [0.1, 0.15) is 11.6 Å². The zero-order chi connectivity index (χ0) is 19.3.